The van der Waals surface area contributed by atoms with Gasteiger partial charge in [0.2, 0.25) is 12.7 Å². The van der Waals surface area contributed by atoms with Crippen molar-refractivity contribution >= 4 is 12.0 Å². The number of benzene rings is 2. The molecule has 1 amide bonds. The lowest BCUT2D eigenvalue weighted by molar-refractivity contribution is -0.116. The molecule has 4 heteroatoms. The van der Waals surface area contributed by atoms with Gasteiger partial charge in [0.1, 0.15) is 0 Å². The lowest BCUT2D eigenvalue weighted by Gasteiger charge is -2.11. The molecule has 1 aliphatic heterocycles. The van der Waals surface area contributed by atoms with Crippen LogP contribution in [0.25, 0.3) is 6.08 Å². The molecule has 0 bridgehead atoms. The summed E-state index contributed by atoms with van der Waals surface area (Å²) >= 11 is 0. The number of ether oxygens (including phenoxy) is 2. The van der Waals surface area contributed by atoms with Crippen molar-refractivity contribution in [2.75, 3.05) is 13.3 Å². The monoisotopic (exact) mass is 309 g/mol. The van der Waals surface area contributed by atoms with Gasteiger partial charge in [0.25, 0.3) is 0 Å². The number of rotatable bonds is 5. The molecular weight excluding hydrogens is 290 g/mol. The number of carbonyl (C=O) groups excluding carboxylic acids is 1. The molecule has 4 nitrogen and oxygen atoms in total. The topological polar surface area (TPSA) is 47.6 Å². The highest BCUT2D eigenvalue weighted by Gasteiger charge is 2.12. The largest absolute Gasteiger partial charge is 0.454 e. The zero-order valence-electron chi connectivity index (χ0n) is 13.0. The first kappa shape index (κ1) is 15.2. The Labute approximate surface area is 135 Å². The van der Waals surface area contributed by atoms with Crippen LogP contribution in [0.4, 0.5) is 0 Å². The van der Waals surface area contributed by atoms with Crippen LogP contribution in [0.1, 0.15) is 24.0 Å². The molecule has 1 aliphatic rings. The molecule has 1 heterocycles. The molecule has 2 aromatic carbocycles. The van der Waals surface area contributed by atoms with Gasteiger partial charge in [0.15, 0.2) is 11.5 Å². The average Bonchev–Trinajstić information content (AvgIpc) is 3.06. The molecule has 0 aliphatic carbocycles. The Morgan fingerprint density at radius 2 is 1.96 bits per heavy atom. The predicted octanol–water partition coefficient (Wildman–Crippen LogP) is 3.35. The Hall–Kier alpha value is -2.75. The molecule has 1 N–H and O–H groups in total. The quantitative estimate of drug-likeness (QED) is 0.862. The van der Waals surface area contributed by atoms with Gasteiger partial charge in [0, 0.05) is 12.6 Å². The van der Waals surface area contributed by atoms with Crippen molar-refractivity contribution in [3.63, 3.8) is 0 Å². The maximum atomic E-state index is 11.9. The molecule has 0 unspecified atom stereocenters. The van der Waals surface area contributed by atoms with E-state index in [0.29, 0.717) is 12.3 Å². The fourth-order valence-corrected chi connectivity index (χ4v) is 2.40. The molecule has 0 saturated carbocycles. The molecule has 118 valence electrons. The van der Waals surface area contributed by atoms with Crippen LogP contribution in [0.3, 0.4) is 0 Å². The van der Waals surface area contributed by atoms with Crippen molar-refractivity contribution in [1.82, 2.24) is 5.32 Å². The van der Waals surface area contributed by atoms with E-state index in [1.807, 2.05) is 36.4 Å². The van der Waals surface area contributed by atoms with Crippen LogP contribution in [-0.4, -0.2) is 19.2 Å². The Morgan fingerprint density at radius 3 is 2.78 bits per heavy atom. The zero-order chi connectivity index (χ0) is 16.1. The number of carbonyl (C=O) groups is 1. The summed E-state index contributed by atoms with van der Waals surface area (Å²) in [5, 5.41) is 2.92. The molecule has 0 spiro atoms. The summed E-state index contributed by atoms with van der Waals surface area (Å²) in [6, 6.07) is 15.7. The lowest BCUT2D eigenvalue weighted by Crippen LogP contribution is -2.25. The first-order valence-corrected chi connectivity index (χ1v) is 7.63. The fourth-order valence-electron chi connectivity index (χ4n) is 2.40. The van der Waals surface area contributed by atoms with Gasteiger partial charge in [-0.05, 0) is 35.3 Å². The summed E-state index contributed by atoms with van der Waals surface area (Å²) in [4.78, 5) is 11.9. The van der Waals surface area contributed by atoms with Crippen molar-refractivity contribution in [3.05, 3.63) is 65.7 Å². The zero-order valence-corrected chi connectivity index (χ0v) is 13.0. The Balaban J connectivity index is 1.53. The maximum Gasteiger partial charge on any atom is 0.244 e. The van der Waals surface area contributed by atoms with Crippen LogP contribution in [0, 0.1) is 0 Å². The number of nitrogens with one attached hydrogen (secondary N) is 1. The highest BCUT2D eigenvalue weighted by molar-refractivity contribution is 5.91. The SMILES string of the molecule is C[C@@H](CNC(=O)/C=C/c1ccc2c(c1)OCO2)c1ccccc1. The van der Waals surface area contributed by atoms with E-state index in [1.54, 1.807) is 6.08 Å². The minimum Gasteiger partial charge on any atom is -0.454 e. The first-order valence-electron chi connectivity index (χ1n) is 7.63. The molecule has 0 saturated heterocycles. The van der Waals surface area contributed by atoms with Gasteiger partial charge >= 0.3 is 0 Å². The third-order valence-electron chi connectivity index (χ3n) is 3.77. The fraction of sp³-hybridized carbons (Fsp3) is 0.211. The van der Waals surface area contributed by atoms with E-state index in [4.69, 9.17) is 9.47 Å². The maximum absolute atomic E-state index is 11.9. The van der Waals surface area contributed by atoms with Crippen molar-refractivity contribution in [3.8, 4) is 11.5 Å². The number of hydrogen-bond donors (Lipinski definition) is 1. The van der Waals surface area contributed by atoms with Crippen molar-refractivity contribution < 1.29 is 14.3 Å². The minimum absolute atomic E-state index is 0.106. The van der Waals surface area contributed by atoms with Crippen molar-refractivity contribution in [1.29, 1.82) is 0 Å². The second-order valence-corrected chi connectivity index (χ2v) is 5.50. The Morgan fingerprint density at radius 1 is 1.17 bits per heavy atom. The van der Waals surface area contributed by atoms with E-state index < -0.39 is 0 Å². The normalized spacial score (nSPS) is 14.0. The summed E-state index contributed by atoms with van der Waals surface area (Å²) in [5.41, 5.74) is 2.12. The molecule has 1 atom stereocenters. The number of fused-ring (bicyclic) bond motifs is 1. The van der Waals surface area contributed by atoms with E-state index >= 15 is 0 Å². The summed E-state index contributed by atoms with van der Waals surface area (Å²) in [5.74, 6) is 1.62. The third kappa shape index (κ3) is 3.92. The standard InChI is InChI=1S/C19H19NO3/c1-14(16-5-3-2-4-6-16)12-20-19(21)10-8-15-7-9-17-18(11-15)23-13-22-17/h2-11,14H,12-13H2,1H3,(H,20,21)/b10-8+/t14-/m0/s1. The van der Waals surface area contributed by atoms with Gasteiger partial charge < -0.3 is 14.8 Å². The summed E-state index contributed by atoms with van der Waals surface area (Å²) < 4.78 is 10.6. The summed E-state index contributed by atoms with van der Waals surface area (Å²) in [7, 11) is 0. The van der Waals surface area contributed by atoms with Gasteiger partial charge in [-0.2, -0.15) is 0 Å². The molecule has 0 radical (unpaired) electrons. The second kappa shape index (κ2) is 7.01. The highest BCUT2D eigenvalue weighted by Crippen LogP contribution is 2.32. The first-order chi connectivity index (χ1) is 11.2. The molecular formula is C19H19NO3. The highest BCUT2D eigenvalue weighted by atomic mass is 16.7. The van der Waals surface area contributed by atoms with Crippen LogP contribution >= 0.6 is 0 Å². The van der Waals surface area contributed by atoms with Crippen LogP contribution in [0.15, 0.2) is 54.6 Å². The van der Waals surface area contributed by atoms with E-state index in [-0.39, 0.29) is 18.6 Å². The minimum atomic E-state index is -0.106. The number of amides is 1. The average molecular weight is 309 g/mol. The van der Waals surface area contributed by atoms with Crippen LogP contribution in [0.5, 0.6) is 11.5 Å². The Kier molecular flexibility index (Phi) is 4.62. The molecule has 23 heavy (non-hydrogen) atoms. The van der Waals surface area contributed by atoms with Gasteiger partial charge in [0.05, 0.1) is 0 Å². The predicted molar refractivity (Wildman–Crippen MR) is 89.5 cm³/mol. The van der Waals surface area contributed by atoms with Gasteiger partial charge in [-0.25, -0.2) is 0 Å². The third-order valence-corrected chi connectivity index (χ3v) is 3.77. The van der Waals surface area contributed by atoms with Gasteiger partial charge in [-0.15, -0.1) is 0 Å². The van der Waals surface area contributed by atoms with Crippen LogP contribution < -0.4 is 14.8 Å². The smallest absolute Gasteiger partial charge is 0.244 e. The Bertz CT molecular complexity index is 710. The van der Waals surface area contributed by atoms with Gasteiger partial charge in [-0.1, -0.05) is 43.3 Å². The van der Waals surface area contributed by atoms with E-state index in [1.165, 1.54) is 11.6 Å². The van der Waals surface area contributed by atoms with E-state index in [9.17, 15) is 4.79 Å². The second-order valence-electron chi connectivity index (χ2n) is 5.50. The number of hydrogen-bond acceptors (Lipinski definition) is 3. The van der Waals surface area contributed by atoms with Crippen LogP contribution in [-0.2, 0) is 4.79 Å². The molecule has 3 rings (SSSR count). The van der Waals surface area contributed by atoms with Crippen molar-refractivity contribution in [2.24, 2.45) is 0 Å². The molecule has 2 aromatic rings. The molecule has 0 aromatic heterocycles. The van der Waals surface area contributed by atoms with Crippen molar-refractivity contribution in [2.45, 2.75) is 12.8 Å². The summed E-state index contributed by atoms with van der Waals surface area (Å²) in [6.45, 7) is 2.95. The van der Waals surface area contributed by atoms with E-state index in [2.05, 4.69) is 24.4 Å². The van der Waals surface area contributed by atoms with Crippen LogP contribution in [0.2, 0.25) is 0 Å². The van der Waals surface area contributed by atoms with Gasteiger partial charge in [-0.3, -0.25) is 4.79 Å². The van der Waals surface area contributed by atoms with E-state index in [0.717, 1.165) is 11.3 Å². The molecule has 0 fully saturated rings. The summed E-state index contributed by atoms with van der Waals surface area (Å²) in [6.07, 6.45) is 3.31. The lowest BCUT2D eigenvalue weighted by atomic mass is 10.0.